The number of nitrogens with one attached hydrogen (secondary N) is 1. The van der Waals surface area contributed by atoms with Crippen LogP contribution >= 0.6 is 34.9 Å². The number of aromatic nitrogens is 4. The van der Waals surface area contributed by atoms with Crippen LogP contribution in [0.4, 0.5) is 10.9 Å². The molecule has 222 valence electrons. The lowest BCUT2D eigenvalue weighted by atomic mass is 10.1. The van der Waals surface area contributed by atoms with Crippen LogP contribution in [0.2, 0.25) is 0 Å². The average Bonchev–Trinajstić information content (AvgIpc) is 3.68. The SMILES string of the molecule is CCc1nnc(NS(=O)(=O)c2ccc(CC(=S)N3CCN(c4ncnc5scc(-c6ccc(OC)cc6)c45)CC3)cc2)s1. The third-order valence-corrected chi connectivity index (χ3v) is 11.0. The molecule has 0 atom stereocenters. The quantitative estimate of drug-likeness (QED) is 0.212. The maximum atomic E-state index is 12.8. The van der Waals surface area contributed by atoms with Crippen LogP contribution in [0.1, 0.15) is 17.5 Å². The lowest BCUT2D eigenvalue weighted by Crippen LogP contribution is -2.49. The molecule has 0 radical (unpaired) electrons. The Morgan fingerprint density at radius 3 is 2.44 bits per heavy atom. The predicted octanol–water partition coefficient (Wildman–Crippen LogP) is 5.27. The molecule has 2 aromatic carbocycles. The fourth-order valence-electron chi connectivity index (χ4n) is 4.93. The number of rotatable bonds is 9. The topological polar surface area (TPSA) is 113 Å². The van der Waals surface area contributed by atoms with E-state index in [1.165, 1.54) is 11.3 Å². The van der Waals surface area contributed by atoms with Gasteiger partial charge in [0.25, 0.3) is 10.0 Å². The number of anilines is 2. The lowest BCUT2D eigenvalue weighted by molar-refractivity contribution is 0.386. The third kappa shape index (κ3) is 6.32. The minimum absolute atomic E-state index is 0.169. The standard InChI is InChI=1S/C29H29N7O3S4/c1-3-24-32-33-29(42-24)34-43(37,38)22-10-4-19(5-11-22)16-25(40)35-12-14-36(15-13-35)27-26-23(17-41-28(26)31-18-30-27)20-6-8-21(39-2)9-7-20/h4-11,17-18H,3,12-16H2,1-2H3,(H,33,34). The highest BCUT2D eigenvalue weighted by Crippen LogP contribution is 2.38. The van der Waals surface area contributed by atoms with E-state index < -0.39 is 10.0 Å². The number of sulfonamides is 1. The second-order valence-corrected chi connectivity index (χ2v) is 14.0. The van der Waals surface area contributed by atoms with E-state index in [1.54, 1.807) is 36.9 Å². The maximum absolute atomic E-state index is 12.8. The van der Waals surface area contributed by atoms with Crippen molar-refractivity contribution in [2.24, 2.45) is 0 Å². The Morgan fingerprint density at radius 1 is 1.02 bits per heavy atom. The van der Waals surface area contributed by atoms with E-state index in [2.05, 4.69) is 47.2 Å². The van der Waals surface area contributed by atoms with Gasteiger partial charge in [-0.3, -0.25) is 4.72 Å². The van der Waals surface area contributed by atoms with Crippen molar-refractivity contribution < 1.29 is 13.2 Å². The molecule has 0 unspecified atom stereocenters. The molecule has 1 saturated heterocycles. The summed E-state index contributed by atoms with van der Waals surface area (Å²) in [6, 6.07) is 14.9. The summed E-state index contributed by atoms with van der Waals surface area (Å²) in [6.45, 7) is 5.04. The molecule has 0 spiro atoms. The Kier molecular flexibility index (Phi) is 8.52. The minimum Gasteiger partial charge on any atom is -0.497 e. The van der Waals surface area contributed by atoms with Gasteiger partial charge in [0.05, 0.1) is 22.4 Å². The van der Waals surface area contributed by atoms with Crippen molar-refractivity contribution >= 4 is 71.1 Å². The lowest BCUT2D eigenvalue weighted by Gasteiger charge is -2.37. The molecule has 5 aromatic rings. The van der Waals surface area contributed by atoms with Crippen LogP contribution in [0.15, 0.2) is 65.1 Å². The molecule has 0 amide bonds. The number of ether oxygens (including phenoxy) is 1. The van der Waals surface area contributed by atoms with Crippen LogP contribution in [-0.2, 0) is 22.9 Å². The molecule has 0 aliphatic carbocycles. The van der Waals surface area contributed by atoms with Crippen LogP contribution in [-0.4, -0.2) is 71.8 Å². The number of hydrogen-bond donors (Lipinski definition) is 1. The summed E-state index contributed by atoms with van der Waals surface area (Å²) in [4.78, 5) is 15.7. The van der Waals surface area contributed by atoms with Crippen molar-refractivity contribution in [2.45, 2.75) is 24.7 Å². The Labute approximate surface area is 263 Å². The number of thiocarbonyl (C=S) groups is 1. The van der Waals surface area contributed by atoms with Crippen molar-refractivity contribution in [3.63, 3.8) is 0 Å². The van der Waals surface area contributed by atoms with Gasteiger partial charge in [0.15, 0.2) is 0 Å². The van der Waals surface area contributed by atoms with E-state index in [1.807, 2.05) is 31.2 Å². The summed E-state index contributed by atoms with van der Waals surface area (Å²) >= 11 is 8.67. The smallest absolute Gasteiger partial charge is 0.263 e. The van der Waals surface area contributed by atoms with Crippen molar-refractivity contribution in [1.82, 2.24) is 25.1 Å². The first-order valence-corrected chi connectivity index (χ1v) is 17.3. The molecule has 4 heterocycles. The highest BCUT2D eigenvalue weighted by molar-refractivity contribution is 7.93. The van der Waals surface area contributed by atoms with Crippen LogP contribution < -0.4 is 14.4 Å². The fourth-order valence-corrected chi connectivity index (χ4v) is 8.10. The molecule has 3 aromatic heterocycles. The van der Waals surface area contributed by atoms with Crippen LogP contribution in [0.25, 0.3) is 21.3 Å². The number of methoxy groups -OCH3 is 1. The van der Waals surface area contributed by atoms with Gasteiger partial charge in [0, 0.05) is 43.5 Å². The highest BCUT2D eigenvalue weighted by Gasteiger charge is 2.24. The summed E-state index contributed by atoms with van der Waals surface area (Å²) in [6.07, 6.45) is 2.90. The largest absolute Gasteiger partial charge is 0.497 e. The zero-order valence-corrected chi connectivity index (χ0v) is 26.8. The second kappa shape index (κ2) is 12.5. The van der Waals surface area contributed by atoms with Crippen molar-refractivity contribution in [2.75, 3.05) is 42.9 Å². The Morgan fingerprint density at radius 2 is 1.77 bits per heavy atom. The summed E-state index contributed by atoms with van der Waals surface area (Å²) in [5.41, 5.74) is 3.17. The van der Waals surface area contributed by atoms with Gasteiger partial charge in [0.2, 0.25) is 5.13 Å². The summed E-state index contributed by atoms with van der Waals surface area (Å²) in [7, 11) is -2.08. The van der Waals surface area contributed by atoms with Crippen molar-refractivity contribution in [1.29, 1.82) is 0 Å². The molecular weight excluding hydrogens is 623 g/mol. The van der Waals surface area contributed by atoms with Crippen molar-refractivity contribution in [3.8, 4) is 16.9 Å². The average molecular weight is 652 g/mol. The van der Waals surface area contributed by atoms with Crippen LogP contribution in [0.3, 0.4) is 0 Å². The summed E-state index contributed by atoms with van der Waals surface area (Å²) in [5, 5.41) is 12.1. The van der Waals surface area contributed by atoms with Gasteiger partial charge in [-0.15, -0.1) is 21.5 Å². The predicted molar refractivity (Wildman–Crippen MR) is 176 cm³/mol. The van der Waals surface area contributed by atoms with Gasteiger partial charge in [0.1, 0.15) is 27.7 Å². The van der Waals surface area contributed by atoms with E-state index in [0.29, 0.717) is 12.8 Å². The molecule has 1 aliphatic rings. The molecule has 1 N–H and O–H groups in total. The van der Waals surface area contributed by atoms with E-state index >= 15 is 0 Å². The number of thiophene rings is 1. The molecule has 43 heavy (non-hydrogen) atoms. The molecule has 1 fully saturated rings. The van der Waals surface area contributed by atoms with Gasteiger partial charge in [-0.05, 0) is 41.8 Å². The number of fused-ring (bicyclic) bond motifs is 1. The van der Waals surface area contributed by atoms with E-state index in [9.17, 15) is 8.42 Å². The number of aryl methyl sites for hydroxylation is 1. The summed E-state index contributed by atoms with van der Waals surface area (Å²) in [5.74, 6) is 1.76. The number of nitrogens with zero attached hydrogens (tertiary/aromatic N) is 6. The fraction of sp³-hybridized carbons (Fsp3) is 0.276. The molecule has 1 aliphatic heterocycles. The first-order valence-electron chi connectivity index (χ1n) is 13.7. The van der Waals surface area contributed by atoms with Crippen molar-refractivity contribution in [3.05, 3.63) is 70.8 Å². The molecule has 10 nitrogen and oxygen atoms in total. The van der Waals surface area contributed by atoms with Gasteiger partial charge >= 0.3 is 0 Å². The first-order chi connectivity index (χ1) is 20.8. The normalized spacial score (nSPS) is 13.8. The van der Waals surface area contributed by atoms with Gasteiger partial charge in [-0.1, -0.05) is 54.7 Å². The summed E-state index contributed by atoms with van der Waals surface area (Å²) < 4.78 is 33.4. The highest BCUT2D eigenvalue weighted by atomic mass is 32.2. The third-order valence-electron chi connectivity index (χ3n) is 7.26. The Bertz CT molecular complexity index is 1850. The van der Waals surface area contributed by atoms with Gasteiger partial charge in [-0.25, -0.2) is 18.4 Å². The molecular formula is C29H29N7O3S4. The number of benzene rings is 2. The Hall–Kier alpha value is -3.72. The van der Waals surface area contributed by atoms with Gasteiger partial charge < -0.3 is 14.5 Å². The molecule has 0 saturated carbocycles. The Balaban J connectivity index is 1.09. The minimum atomic E-state index is -3.75. The maximum Gasteiger partial charge on any atom is 0.263 e. The zero-order chi connectivity index (χ0) is 30.0. The molecule has 0 bridgehead atoms. The molecule has 6 rings (SSSR count). The number of hydrogen-bond acceptors (Lipinski definition) is 11. The van der Waals surface area contributed by atoms with Crippen LogP contribution in [0, 0.1) is 0 Å². The zero-order valence-electron chi connectivity index (χ0n) is 23.6. The molecule has 14 heteroatoms. The number of piperazine rings is 1. The van der Waals surface area contributed by atoms with E-state index in [0.717, 1.165) is 74.6 Å². The van der Waals surface area contributed by atoms with Crippen LogP contribution in [0.5, 0.6) is 5.75 Å². The first kappa shape index (κ1) is 29.4. The van der Waals surface area contributed by atoms with Gasteiger partial charge in [-0.2, -0.15) is 0 Å². The van der Waals surface area contributed by atoms with E-state index in [-0.39, 0.29) is 10.0 Å². The second-order valence-electron chi connectivity index (χ2n) is 9.90. The van der Waals surface area contributed by atoms with E-state index in [4.69, 9.17) is 21.9 Å². The monoisotopic (exact) mass is 651 g/mol.